The van der Waals surface area contributed by atoms with E-state index in [1.807, 2.05) is 30.3 Å². The van der Waals surface area contributed by atoms with Crippen LogP contribution in [0, 0.1) is 0 Å². The van der Waals surface area contributed by atoms with Gasteiger partial charge in [-0.3, -0.25) is 0 Å². The first-order chi connectivity index (χ1) is 25.8. The molecular formula is C47H27N3OS. The molecule has 0 spiro atoms. The number of para-hydroxylation sites is 1. The molecule has 242 valence electrons. The number of hydrogen-bond acceptors (Lipinski definition) is 5. The minimum absolute atomic E-state index is 0.609. The van der Waals surface area contributed by atoms with Crippen molar-refractivity contribution in [1.82, 2.24) is 15.0 Å². The Hall–Kier alpha value is -6.69. The molecule has 0 bridgehead atoms. The Labute approximate surface area is 302 Å². The summed E-state index contributed by atoms with van der Waals surface area (Å²) in [6.07, 6.45) is 0. The van der Waals surface area contributed by atoms with Gasteiger partial charge in [0.15, 0.2) is 17.5 Å². The van der Waals surface area contributed by atoms with Crippen LogP contribution in [0.5, 0.6) is 0 Å². The van der Waals surface area contributed by atoms with Crippen LogP contribution in [-0.4, -0.2) is 15.0 Å². The second-order valence-corrected chi connectivity index (χ2v) is 14.2. The third kappa shape index (κ3) is 4.50. The van der Waals surface area contributed by atoms with Gasteiger partial charge < -0.3 is 4.42 Å². The van der Waals surface area contributed by atoms with E-state index in [4.69, 9.17) is 19.4 Å². The number of thiophene rings is 1. The maximum absolute atomic E-state index is 6.30. The molecule has 52 heavy (non-hydrogen) atoms. The van der Waals surface area contributed by atoms with Gasteiger partial charge in [-0.1, -0.05) is 127 Å². The fourth-order valence-electron chi connectivity index (χ4n) is 7.73. The summed E-state index contributed by atoms with van der Waals surface area (Å²) in [5.41, 5.74) is 6.87. The van der Waals surface area contributed by atoms with Crippen molar-refractivity contribution in [2.45, 2.75) is 0 Å². The maximum atomic E-state index is 6.30. The average molecular weight is 682 g/mol. The topological polar surface area (TPSA) is 51.8 Å². The van der Waals surface area contributed by atoms with Crippen molar-refractivity contribution in [3.05, 3.63) is 164 Å². The Morgan fingerprint density at radius 2 is 1.06 bits per heavy atom. The summed E-state index contributed by atoms with van der Waals surface area (Å²) >= 11 is 1.78. The zero-order chi connectivity index (χ0) is 34.2. The van der Waals surface area contributed by atoms with Crippen molar-refractivity contribution >= 4 is 75.0 Å². The van der Waals surface area contributed by atoms with Gasteiger partial charge in [0, 0.05) is 47.6 Å². The summed E-state index contributed by atoms with van der Waals surface area (Å²) in [5.74, 6) is 1.88. The monoisotopic (exact) mass is 681 g/mol. The number of aromatic nitrogens is 3. The highest BCUT2D eigenvalue weighted by Crippen LogP contribution is 2.42. The Kier molecular flexibility index (Phi) is 6.39. The van der Waals surface area contributed by atoms with Crippen molar-refractivity contribution in [3.8, 4) is 45.3 Å². The third-order valence-corrected chi connectivity index (χ3v) is 11.3. The van der Waals surface area contributed by atoms with Crippen molar-refractivity contribution < 1.29 is 4.42 Å². The zero-order valence-corrected chi connectivity index (χ0v) is 28.6. The first-order valence-corrected chi connectivity index (χ1v) is 18.2. The second-order valence-electron chi connectivity index (χ2n) is 13.1. The van der Waals surface area contributed by atoms with Crippen molar-refractivity contribution in [3.63, 3.8) is 0 Å². The highest BCUT2D eigenvalue weighted by molar-refractivity contribution is 7.26. The molecular weight excluding hydrogens is 655 g/mol. The Morgan fingerprint density at radius 3 is 1.96 bits per heavy atom. The lowest BCUT2D eigenvalue weighted by Crippen LogP contribution is -2.00. The van der Waals surface area contributed by atoms with E-state index in [-0.39, 0.29) is 0 Å². The Morgan fingerprint density at radius 1 is 0.385 bits per heavy atom. The zero-order valence-electron chi connectivity index (χ0n) is 27.7. The van der Waals surface area contributed by atoms with Crippen molar-refractivity contribution in [1.29, 1.82) is 0 Å². The van der Waals surface area contributed by atoms with Crippen molar-refractivity contribution in [2.24, 2.45) is 0 Å². The Bertz CT molecular complexity index is 3200. The van der Waals surface area contributed by atoms with Gasteiger partial charge in [0.05, 0.1) is 0 Å². The van der Waals surface area contributed by atoms with E-state index in [1.165, 1.54) is 42.8 Å². The second kappa shape index (κ2) is 11.4. The van der Waals surface area contributed by atoms with Gasteiger partial charge in [-0.25, -0.2) is 15.0 Å². The van der Waals surface area contributed by atoms with Gasteiger partial charge in [-0.15, -0.1) is 11.3 Å². The lowest BCUT2D eigenvalue weighted by atomic mass is 9.92. The quantitative estimate of drug-likeness (QED) is 0.174. The van der Waals surface area contributed by atoms with E-state index in [0.717, 1.165) is 48.7 Å². The number of furan rings is 1. The van der Waals surface area contributed by atoms with E-state index < -0.39 is 0 Å². The molecule has 0 saturated heterocycles. The predicted molar refractivity (Wildman–Crippen MR) is 217 cm³/mol. The van der Waals surface area contributed by atoms with Gasteiger partial charge in [0.2, 0.25) is 0 Å². The lowest BCUT2D eigenvalue weighted by Gasteiger charge is -2.13. The first kappa shape index (κ1) is 29.1. The molecule has 0 aliphatic carbocycles. The molecule has 8 aromatic carbocycles. The number of hydrogen-bond donors (Lipinski definition) is 0. The van der Waals surface area contributed by atoms with Crippen LogP contribution in [0.1, 0.15) is 0 Å². The normalized spacial score (nSPS) is 11.8. The summed E-state index contributed by atoms with van der Waals surface area (Å²) in [7, 11) is 0. The Balaban J connectivity index is 1.20. The van der Waals surface area contributed by atoms with Crippen LogP contribution in [0.3, 0.4) is 0 Å². The lowest BCUT2D eigenvalue weighted by molar-refractivity contribution is 0.669. The molecule has 0 unspecified atom stereocenters. The van der Waals surface area contributed by atoms with E-state index in [2.05, 4.69) is 133 Å². The van der Waals surface area contributed by atoms with E-state index in [9.17, 15) is 0 Å². The molecule has 3 heterocycles. The fraction of sp³-hybridized carbons (Fsp3) is 0. The molecule has 11 aromatic rings. The highest BCUT2D eigenvalue weighted by atomic mass is 32.1. The minimum atomic E-state index is 0.609. The third-order valence-electron chi connectivity index (χ3n) is 10.1. The summed E-state index contributed by atoms with van der Waals surface area (Å²) in [5, 5.41) is 9.21. The van der Waals surface area contributed by atoms with Crippen molar-refractivity contribution in [2.75, 3.05) is 0 Å². The van der Waals surface area contributed by atoms with Crippen LogP contribution in [0.2, 0.25) is 0 Å². The van der Waals surface area contributed by atoms with Gasteiger partial charge in [0.1, 0.15) is 11.2 Å². The molecule has 4 nitrogen and oxygen atoms in total. The van der Waals surface area contributed by atoms with E-state index >= 15 is 0 Å². The molecule has 0 N–H and O–H groups in total. The van der Waals surface area contributed by atoms with Crippen LogP contribution in [0.25, 0.3) is 109 Å². The highest BCUT2D eigenvalue weighted by Gasteiger charge is 2.20. The van der Waals surface area contributed by atoms with Crippen LogP contribution in [-0.2, 0) is 0 Å². The largest absolute Gasteiger partial charge is 0.456 e. The predicted octanol–water partition coefficient (Wildman–Crippen LogP) is 13.1. The molecule has 5 heteroatoms. The number of nitrogens with zero attached hydrogens (tertiary/aromatic N) is 3. The smallest absolute Gasteiger partial charge is 0.165 e. The van der Waals surface area contributed by atoms with Gasteiger partial charge in [-0.05, 0) is 69.1 Å². The van der Waals surface area contributed by atoms with Crippen LogP contribution in [0.4, 0.5) is 0 Å². The average Bonchev–Trinajstić information content (AvgIpc) is 3.79. The first-order valence-electron chi connectivity index (χ1n) is 17.4. The van der Waals surface area contributed by atoms with Crippen LogP contribution in [0.15, 0.2) is 168 Å². The van der Waals surface area contributed by atoms with Gasteiger partial charge >= 0.3 is 0 Å². The minimum Gasteiger partial charge on any atom is -0.456 e. The summed E-state index contributed by atoms with van der Waals surface area (Å²) in [4.78, 5) is 15.8. The van der Waals surface area contributed by atoms with E-state index in [1.54, 1.807) is 11.3 Å². The molecule has 11 rings (SSSR count). The molecule has 0 aliphatic heterocycles. The molecule has 0 saturated carbocycles. The SMILES string of the molecule is c1ccc(-c2cc3ccccc3c3cc(-c4nc(-c5cccc6c5sc5ccccc56)nc(-c5cccc6oc7ccccc7c56)n4)ccc23)cc1. The fourth-order valence-corrected chi connectivity index (χ4v) is 8.94. The summed E-state index contributed by atoms with van der Waals surface area (Å²) < 4.78 is 8.71. The van der Waals surface area contributed by atoms with Crippen LogP contribution < -0.4 is 0 Å². The molecule has 0 amide bonds. The summed E-state index contributed by atoms with van der Waals surface area (Å²) in [6, 6.07) is 57.4. The molecule has 0 aliphatic rings. The molecule has 0 fully saturated rings. The maximum Gasteiger partial charge on any atom is 0.165 e. The molecule has 0 atom stereocenters. The number of rotatable bonds is 4. The van der Waals surface area contributed by atoms with Crippen LogP contribution >= 0.6 is 11.3 Å². The standard InChI is InChI=1S/C47H27N3OS/c1-2-12-28(13-3-1)38-26-29-14-4-5-15-31(29)39-27-30(24-25-32(38)39)45-48-46(36-19-11-22-41-43(36)35-17-6-8-21-40(35)51-41)50-47(49-45)37-20-10-18-34-33-16-7-9-23-42(33)52-44(34)37/h1-27H. The van der Waals surface area contributed by atoms with Gasteiger partial charge in [0.25, 0.3) is 0 Å². The summed E-state index contributed by atoms with van der Waals surface area (Å²) in [6.45, 7) is 0. The molecule has 3 aromatic heterocycles. The number of benzene rings is 8. The van der Waals surface area contributed by atoms with Gasteiger partial charge in [-0.2, -0.15) is 0 Å². The van der Waals surface area contributed by atoms with E-state index in [0.29, 0.717) is 17.5 Å². The molecule has 0 radical (unpaired) electrons. The number of fused-ring (bicyclic) bond motifs is 9.